The van der Waals surface area contributed by atoms with Crippen molar-refractivity contribution in [2.24, 2.45) is 0 Å². The van der Waals surface area contributed by atoms with Crippen LogP contribution in [-0.4, -0.2) is 40.7 Å². The summed E-state index contributed by atoms with van der Waals surface area (Å²) in [4.78, 5) is 9.33. The lowest BCUT2D eigenvalue weighted by atomic mass is 10.1. The van der Waals surface area contributed by atoms with Crippen LogP contribution >= 0.6 is 0 Å². The molecule has 24 heavy (non-hydrogen) atoms. The molecule has 0 aliphatic carbocycles. The molecule has 132 valence electrons. The summed E-state index contributed by atoms with van der Waals surface area (Å²) in [6.07, 6.45) is -4.32. The monoisotopic (exact) mass is 341 g/mol. The predicted octanol–water partition coefficient (Wildman–Crippen LogP) is 3.93. The number of ether oxygens (including phenoxy) is 1. The Kier molecular flexibility index (Phi) is 4.57. The summed E-state index contributed by atoms with van der Waals surface area (Å²) < 4.78 is 45.9. The van der Waals surface area contributed by atoms with E-state index in [2.05, 4.69) is 14.9 Å². The van der Waals surface area contributed by atoms with Gasteiger partial charge in [-0.25, -0.2) is 4.98 Å². The summed E-state index contributed by atoms with van der Waals surface area (Å²) in [6.45, 7) is 8.31. The van der Waals surface area contributed by atoms with Crippen molar-refractivity contribution in [1.29, 1.82) is 0 Å². The Bertz CT molecular complexity index is 724. The number of aromatic amines is 1. The number of rotatable bonds is 3. The fraction of sp³-hybridized carbons (Fsp3) is 0.588. The normalized spacial score (nSPS) is 20.2. The molecule has 1 N–H and O–H groups in total. The highest BCUT2D eigenvalue weighted by Gasteiger charge is 2.34. The van der Waals surface area contributed by atoms with E-state index in [0.717, 1.165) is 13.1 Å². The molecule has 0 bridgehead atoms. The minimum absolute atomic E-state index is 0.00490. The number of fused-ring (bicyclic) bond motifs is 1. The van der Waals surface area contributed by atoms with E-state index < -0.39 is 11.7 Å². The number of H-pyrrole nitrogens is 1. The molecule has 1 atom stereocenters. The number of benzene rings is 1. The quantitative estimate of drug-likeness (QED) is 0.920. The molecule has 1 fully saturated rings. The highest BCUT2D eigenvalue weighted by atomic mass is 19.4. The van der Waals surface area contributed by atoms with Crippen LogP contribution in [0.25, 0.3) is 11.0 Å². The van der Waals surface area contributed by atoms with Crippen LogP contribution in [0.1, 0.15) is 43.6 Å². The number of hydrogen-bond donors (Lipinski definition) is 1. The van der Waals surface area contributed by atoms with Crippen LogP contribution in [0.4, 0.5) is 13.2 Å². The third-order valence-corrected chi connectivity index (χ3v) is 4.25. The number of nitrogens with zero attached hydrogens (tertiary/aromatic N) is 2. The second kappa shape index (κ2) is 6.37. The van der Waals surface area contributed by atoms with Crippen LogP contribution in [-0.2, 0) is 17.5 Å². The molecule has 2 aromatic rings. The fourth-order valence-corrected chi connectivity index (χ4v) is 3.07. The lowest BCUT2D eigenvalue weighted by molar-refractivity contribution is -0.136. The number of alkyl halides is 3. The number of halogens is 3. The first-order valence-electron chi connectivity index (χ1n) is 8.17. The summed E-state index contributed by atoms with van der Waals surface area (Å²) in [6, 6.07) is 3.01. The Morgan fingerprint density at radius 1 is 1.38 bits per heavy atom. The minimum Gasteiger partial charge on any atom is -0.376 e. The van der Waals surface area contributed by atoms with Gasteiger partial charge in [-0.2, -0.15) is 13.2 Å². The lowest BCUT2D eigenvalue weighted by Crippen LogP contribution is -2.40. The van der Waals surface area contributed by atoms with Gasteiger partial charge in [-0.15, -0.1) is 0 Å². The Morgan fingerprint density at radius 3 is 2.75 bits per heavy atom. The molecule has 0 spiro atoms. The molecular formula is C17H22F3N3O. The average Bonchev–Trinajstić information content (AvgIpc) is 2.89. The van der Waals surface area contributed by atoms with Gasteiger partial charge in [0, 0.05) is 25.6 Å². The zero-order valence-electron chi connectivity index (χ0n) is 14.1. The van der Waals surface area contributed by atoms with Gasteiger partial charge in [0.15, 0.2) is 0 Å². The Labute approximate surface area is 139 Å². The number of imidazole rings is 1. The van der Waals surface area contributed by atoms with Gasteiger partial charge in [0.25, 0.3) is 0 Å². The van der Waals surface area contributed by atoms with E-state index in [1.807, 2.05) is 20.8 Å². The van der Waals surface area contributed by atoms with Gasteiger partial charge in [-0.05, 0) is 24.6 Å². The van der Waals surface area contributed by atoms with Crippen molar-refractivity contribution in [2.45, 2.75) is 45.5 Å². The van der Waals surface area contributed by atoms with Crippen LogP contribution in [0.2, 0.25) is 0 Å². The van der Waals surface area contributed by atoms with Crippen molar-refractivity contribution < 1.29 is 17.9 Å². The minimum atomic E-state index is -4.42. The van der Waals surface area contributed by atoms with Crippen molar-refractivity contribution in [2.75, 3.05) is 19.7 Å². The lowest BCUT2D eigenvalue weighted by Gasteiger charge is -2.31. The first-order valence-corrected chi connectivity index (χ1v) is 8.17. The summed E-state index contributed by atoms with van der Waals surface area (Å²) in [7, 11) is 0. The molecule has 1 aromatic carbocycles. The van der Waals surface area contributed by atoms with Gasteiger partial charge in [0.05, 0.1) is 23.8 Å². The molecule has 0 radical (unpaired) electrons. The molecule has 1 aliphatic heterocycles. The van der Waals surface area contributed by atoms with Crippen LogP contribution < -0.4 is 0 Å². The Balaban J connectivity index is 1.99. The maximum absolute atomic E-state index is 13.5. The Morgan fingerprint density at radius 2 is 2.12 bits per heavy atom. The van der Waals surface area contributed by atoms with Crippen LogP contribution in [0, 0.1) is 0 Å². The fourth-order valence-electron chi connectivity index (χ4n) is 3.07. The van der Waals surface area contributed by atoms with E-state index in [-0.39, 0.29) is 17.5 Å². The maximum atomic E-state index is 13.5. The molecule has 0 saturated carbocycles. The highest BCUT2D eigenvalue weighted by molar-refractivity contribution is 5.80. The van der Waals surface area contributed by atoms with E-state index in [1.54, 1.807) is 6.07 Å². The van der Waals surface area contributed by atoms with Gasteiger partial charge in [0.2, 0.25) is 0 Å². The summed E-state index contributed by atoms with van der Waals surface area (Å²) in [5.74, 6) is 0.620. The number of hydrogen-bond acceptors (Lipinski definition) is 3. The largest absolute Gasteiger partial charge is 0.418 e. The molecule has 7 heteroatoms. The van der Waals surface area contributed by atoms with E-state index in [0.29, 0.717) is 30.1 Å². The van der Waals surface area contributed by atoms with E-state index in [4.69, 9.17) is 4.74 Å². The summed E-state index contributed by atoms with van der Waals surface area (Å²) in [5.41, 5.74) is 0.428. The first-order chi connectivity index (χ1) is 11.2. The highest BCUT2D eigenvalue weighted by Crippen LogP contribution is 2.35. The topological polar surface area (TPSA) is 41.2 Å². The molecular weight excluding hydrogens is 319 g/mol. The van der Waals surface area contributed by atoms with Crippen molar-refractivity contribution in [3.05, 3.63) is 29.1 Å². The van der Waals surface area contributed by atoms with Gasteiger partial charge < -0.3 is 9.72 Å². The van der Waals surface area contributed by atoms with E-state index >= 15 is 0 Å². The molecule has 2 heterocycles. The zero-order chi connectivity index (χ0) is 17.5. The maximum Gasteiger partial charge on any atom is 0.418 e. The van der Waals surface area contributed by atoms with E-state index in [9.17, 15) is 13.2 Å². The van der Waals surface area contributed by atoms with Gasteiger partial charge in [-0.3, -0.25) is 4.90 Å². The molecule has 1 aliphatic rings. The molecule has 1 saturated heterocycles. The summed E-state index contributed by atoms with van der Waals surface area (Å²) in [5, 5.41) is 0. The van der Waals surface area contributed by atoms with Crippen LogP contribution in [0.3, 0.4) is 0 Å². The van der Waals surface area contributed by atoms with Gasteiger partial charge >= 0.3 is 6.18 Å². The average molecular weight is 341 g/mol. The third kappa shape index (κ3) is 3.57. The second-order valence-corrected chi connectivity index (χ2v) is 6.73. The smallest absolute Gasteiger partial charge is 0.376 e. The van der Waals surface area contributed by atoms with Crippen molar-refractivity contribution in [3.8, 4) is 0 Å². The third-order valence-electron chi connectivity index (χ3n) is 4.25. The van der Waals surface area contributed by atoms with Gasteiger partial charge in [-0.1, -0.05) is 13.8 Å². The van der Waals surface area contributed by atoms with Crippen molar-refractivity contribution in [1.82, 2.24) is 14.9 Å². The molecule has 1 unspecified atom stereocenters. The molecule has 0 amide bonds. The number of aromatic nitrogens is 2. The first kappa shape index (κ1) is 17.2. The van der Waals surface area contributed by atoms with Crippen LogP contribution in [0.15, 0.2) is 12.1 Å². The SMILES string of the molecule is CC1CN(Cc2cc(C(F)(F)F)c3nc(C(C)C)[nH]c3c2)CCO1. The van der Waals surface area contributed by atoms with E-state index in [1.165, 1.54) is 6.07 Å². The molecule has 1 aromatic heterocycles. The number of nitrogens with one attached hydrogen (secondary N) is 1. The van der Waals surface area contributed by atoms with Gasteiger partial charge in [0.1, 0.15) is 11.3 Å². The molecule has 4 nitrogen and oxygen atoms in total. The summed E-state index contributed by atoms with van der Waals surface area (Å²) >= 11 is 0. The van der Waals surface area contributed by atoms with Crippen molar-refractivity contribution >= 4 is 11.0 Å². The van der Waals surface area contributed by atoms with Crippen LogP contribution in [0.5, 0.6) is 0 Å². The Hall–Kier alpha value is -1.60. The molecule has 3 rings (SSSR count). The van der Waals surface area contributed by atoms with Crippen molar-refractivity contribution in [3.63, 3.8) is 0 Å². The standard InChI is InChI=1S/C17H22F3N3O/c1-10(2)16-21-14-7-12(9-23-4-5-24-11(3)8-23)6-13(15(14)22-16)17(18,19)20/h6-7,10-11H,4-5,8-9H2,1-3H3,(H,21,22). The number of morpholine rings is 1. The second-order valence-electron chi connectivity index (χ2n) is 6.73. The predicted molar refractivity (Wildman–Crippen MR) is 85.9 cm³/mol. The zero-order valence-corrected chi connectivity index (χ0v) is 14.1.